The van der Waals surface area contributed by atoms with Crippen molar-refractivity contribution < 1.29 is 22.8 Å². The summed E-state index contributed by atoms with van der Waals surface area (Å²) >= 11 is 0. The molecule has 0 spiro atoms. The van der Waals surface area contributed by atoms with Crippen LogP contribution in [0.25, 0.3) is 0 Å². The number of piperazine rings is 1. The van der Waals surface area contributed by atoms with Crippen LogP contribution >= 0.6 is 0 Å². The highest BCUT2D eigenvalue weighted by Gasteiger charge is 2.32. The number of carbonyl (C=O) groups excluding carboxylic acids is 1. The zero-order chi connectivity index (χ0) is 18.1. The molecule has 0 aliphatic carbocycles. The van der Waals surface area contributed by atoms with Gasteiger partial charge in [0.05, 0.1) is 44.3 Å². The summed E-state index contributed by atoms with van der Waals surface area (Å²) in [7, 11) is -2.90. The lowest BCUT2D eigenvalue weighted by Gasteiger charge is -2.32. The molecule has 0 radical (unpaired) electrons. The van der Waals surface area contributed by atoms with Crippen LogP contribution in [0, 0.1) is 5.92 Å². The molecule has 2 fully saturated rings. The minimum Gasteiger partial charge on any atom is -0.493 e. The Labute approximate surface area is 155 Å². The van der Waals surface area contributed by atoms with Gasteiger partial charge in [-0.15, -0.1) is 0 Å². The number of ether oxygens (including phenoxy) is 1. The second-order valence-corrected chi connectivity index (χ2v) is 10.1. The van der Waals surface area contributed by atoms with Crippen molar-refractivity contribution in [1.82, 2.24) is 4.90 Å². The number of hydrogen-bond acceptors (Lipinski definition) is 4. The van der Waals surface area contributed by atoms with Gasteiger partial charge in [0.25, 0.3) is 0 Å². The van der Waals surface area contributed by atoms with Crippen LogP contribution in [0.15, 0.2) is 18.2 Å². The lowest BCUT2D eigenvalue weighted by molar-refractivity contribution is -0.917. The number of fused-ring (bicyclic) bond motifs is 1. The predicted octanol–water partition coefficient (Wildman–Crippen LogP) is -0.327. The first kappa shape index (κ1) is 17.8. The number of sulfone groups is 1. The van der Waals surface area contributed by atoms with Crippen molar-refractivity contribution in [2.24, 2.45) is 5.92 Å². The van der Waals surface area contributed by atoms with Gasteiger partial charge in [-0.05, 0) is 36.1 Å². The van der Waals surface area contributed by atoms with Gasteiger partial charge < -0.3 is 14.5 Å². The molecule has 1 N–H and O–H groups in total. The summed E-state index contributed by atoms with van der Waals surface area (Å²) in [5.74, 6) is 1.60. The fourth-order valence-electron chi connectivity index (χ4n) is 4.30. The maximum atomic E-state index is 12.5. The van der Waals surface area contributed by atoms with Gasteiger partial charge >= 0.3 is 0 Å². The Morgan fingerprint density at radius 3 is 2.81 bits per heavy atom. The molecule has 4 rings (SSSR count). The molecule has 0 saturated carbocycles. The number of benzene rings is 1. The first-order chi connectivity index (χ1) is 12.5. The highest BCUT2D eigenvalue weighted by Crippen LogP contribution is 2.25. The van der Waals surface area contributed by atoms with Crippen molar-refractivity contribution in [1.29, 1.82) is 0 Å². The minimum atomic E-state index is -2.90. The van der Waals surface area contributed by atoms with Gasteiger partial charge in [-0.25, -0.2) is 8.42 Å². The van der Waals surface area contributed by atoms with E-state index in [1.165, 1.54) is 16.0 Å². The highest BCUT2D eigenvalue weighted by atomic mass is 32.2. The molecule has 3 aliphatic heterocycles. The van der Waals surface area contributed by atoms with Crippen molar-refractivity contribution in [2.45, 2.75) is 25.8 Å². The van der Waals surface area contributed by atoms with E-state index in [-0.39, 0.29) is 23.3 Å². The van der Waals surface area contributed by atoms with Gasteiger partial charge in [-0.1, -0.05) is 0 Å². The lowest BCUT2D eigenvalue weighted by Crippen LogP contribution is -3.13. The van der Waals surface area contributed by atoms with Gasteiger partial charge in [0.1, 0.15) is 12.3 Å². The molecule has 1 aromatic rings. The third-order valence-electron chi connectivity index (χ3n) is 5.82. The van der Waals surface area contributed by atoms with E-state index in [1.807, 2.05) is 4.90 Å². The van der Waals surface area contributed by atoms with Crippen molar-refractivity contribution in [3.8, 4) is 5.75 Å². The van der Waals surface area contributed by atoms with Crippen LogP contribution < -0.4 is 9.64 Å². The maximum Gasteiger partial charge on any atom is 0.223 e. The van der Waals surface area contributed by atoms with Gasteiger partial charge in [0.2, 0.25) is 5.91 Å². The molecule has 1 atom stereocenters. The number of nitrogens with one attached hydrogen (secondary N) is 1. The zero-order valence-electron chi connectivity index (χ0n) is 15.1. The summed E-state index contributed by atoms with van der Waals surface area (Å²) in [4.78, 5) is 15.9. The molecule has 0 bridgehead atoms. The summed E-state index contributed by atoms with van der Waals surface area (Å²) in [5.41, 5.74) is 2.64. The summed E-state index contributed by atoms with van der Waals surface area (Å²) < 4.78 is 28.7. The van der Waals surface area contributed by atoms with E-state index in [9.17, 15) is 13.2 Å². The average molecular weight is 380 g/mol. The van der Waals surface area contributed by atoms with Crippen LogP contribution in [0.4, 0.5) is 0 Å². The topological polar surface area (TPSA) is 68.1 Å². The summed E-state index contributed by atoms with van der Waals surface area (Å²) in [5, 5.41) is 0. The molecule has 1 amide bonds. The van der Waals surface area contributed by atoms with E-state index in [2.05, 4.69) is 18.2 Å². The Hall–Kier alpha value is -1.60. The summed E-state index contributed by atoms with van der Waals surface area (Å²) in [6, 6.07) is 6.48. The van der Waals surface area contributed by atoms with Crippen molar-refractivity contribution in [2.75, 3.05) is 44.3 Å². The monoisotopic (exact) mass is 379 g/mol. The summed E-state index contributed by atoms with van der Waals surface area (Å²) in [6.45, 7) is 5.19. The number of rotatable bonds is 4. The Bertz CT molecular complexity index is 785. The third-order valence-corrected chi connectivity index (χ3v) is 7.66. The molecule has 3 aliphatic rings. The number of amides is 1. The molecule has 0 unspecified atom stereocenters. The fraction of sp³-hybridized carbons (Fsp3) is 0.632. The van der Waals surface area contributed by atoms with Gasteiger partial charge in [0, 0.05) is 18.4 Å². The van der Waals surface area contributed by atoms with Crippen LogP contribution in [0.5, 0.6) is 5.75 Å². The molecule has 142 valence electrons. The maximum absolute atomic E-state index is 12.5. The van der Waals surface area contributed by atoms with Gasteiger partial charge in [-0.2, -0.15) is 0 Å². The van der Waals surface area contributed by atoms with Crippen LogP contribution in [0.3, 0.4) is 0 Å². The Morgan fingerprint density at radius 1 is 1.27 bits per heavy atom. The second-order valence-electron chi connectivity index (χ2n) is 7.82. The molecule has 26 heavy (non-hydrogen) atoms. The van der Waals surface area contributed by atoms with Crippen molar-refractivity contribution >= 4 is 15.7 Å². The first-order valence-electron chi connectivity index (χ1n) is 9.55. The third kappa shape index (κ3) is 4.04. The van der Waals surface area contributed by atoms with Gasteiger partial charge in [0.15, 0.2) is 9.84 Å². The quantitative estimate of drug-likeness (QED) is 0.778. The smallest absolute Gasteiger partial charge is 0.223 e. The minimum absolute atomic E-state index is 0.0199. The average Bonchev–Trinajstić information content (AvgIpc) is 3.21. The molecule has 1 aromatic carbocycles. The molecule has 0 aromatic heterocycles. The molecule has 2 saturated heterocycles. The first-order valence-corrected chi connectivity index (χ1v) is 11.4. The number of quaternary nitrogens is 1. The normalized spacial score (nSPS) is 25.1. The van der Waals surface area contributed by atoms with E-state index >= 15 is 0 Å². The number of carbonyl (C=O) groups is 1. The standard InChI is InChI=1S/C19H26N2O4S/c22-19(12-16-4-10-26(23,24)14-16)21-7-5-20(6-8-21)13-15-1-2-18-17(11-15)3-9-25-18/h1-2,11,16H,3-10,12-14H2/p+1/t16-/m0/s1. The second kappa shape index (κ2) is 7.19. The van der Waals surface area contributed by atoms with Crippen LogP contribution in [-0.2, 0) is 27.6 Å². The van der Waals surface area contributed by atoms with E-state index in [0.29, 0.717) is 12.8 Å². The number of hydrogen-bond donors (Lipinski definition) is 1. The van der Waals surface area contributed by atoms with E-state index in [4.69, 9.17) is 4.74 Å². The molecular weight excluding hydrogens is 352 g/mol. The van der Waals surface area contributed by atoms with E-state index in [1.54, 1.807) is 0 Å². The van der Waals surface area contributed by atoms with Crippen LogP contribution in [0.1, 0.15) is 24.0 Å². The van der Waals surface area contributed by atoms with Crippen LogP contribution in [0.2, 0.25) is 0 Å². The van der Waals surface area contributed by atoms with Crippen LogP contribution in [-0.4, -0.2) is 63.5 Å². The van der Waals surface area contributed by atoms with Crippen molar-refractivity contribution in [3.63, 3.8) is 0 Å². The van der Waals surface area contributed by atoms with Gasteiger partial charge in [-0.3, -0.25) is 4.79 Å². The number of nitrogens with zero attached hydrogens (tertiary/aromatic N) is 1. The lowest BCUT2D eigenvalue weighted by atomic mass is 10.0. The van der Waals surface area contributed by atoms with Crippen molar-refractivity contribution in [3.05, 3.63) is 29.3 Å². The largest absolute Gasteiger partial charge is 0.493 e. The SMILES string of the molecule is O=C(C[C@@H]1CCS(=O)(=O)C1)N1CC[NH+](Cc2ccc3c(c2)CCO3)CC1. The molecule has 6 nitrogen and oxygen atoms in total. The Morgan fingerprint density at radius 2 is 2.08 bits per heavy atom. The molecule has 7 heteroatoms. The zero-order valence-corrected chi connectivity index (χ0v) is 15.9. The predicted molar refractivity (Wildman–Crippen MR) is 98.0 cm³/mol. The Kier molecular flexibility index (Phi) is 4.92. The fourth-order valence-corrected chi connectivity index (χ4v) is 6.16. The van der Waals surface area contributed by atoms with E-state index in [0.717, 1.165) is 51.5 Å². The molecular formula is C19H27N2O4S+. The van der Waals surface area contributed by atoms with E-state index < -0.39 is 9.84 Å². The Balaban J connectivity index is 1.25. The highest BCUT2D eigenvalue weighted by molar-refractivity contribution is 7.91. The summed E-state index contributed by atoms with van der Waals surface area (Å²) in [6.07, 6.45) is 2.03. The molecule has 3 heterocycles.